The van der Waals surface area contributed by atoms with Gasteiger partial charge in [-0.25, -0.2) is 9.97 Å². The molecule has 2 heterocycles. The Balaban J connectivity index is 1.78. The van der Waals surface area contributed by atoms with E-state index in [9.17, 15) is 5.26 Å². The standard InChI is InChI=1S/C26H24N4/c1-4-24-29-25-18(2)15-19(3)28-26(25)30(24)17-20-9-8-12-22(16-20)23(13-14-27)21-10-6-5-7-11-21/h5-13,15-16H,4,17H2,1-3H3/b23-13+. The monoisotopic (exact) mass is 392 g/mol. The third kappa shape index (κ3) is 3.75. The highest BCUT2D eigenvalue weighted by Gasteiger charge is 2.14. The van der Waals surface area contributed by atoms with Gasteiger partial charge in [0.05, 0.1) is 12.6 Å². The number of hydrogen-bond acceptors (Lipinski definition) is 3. The Morgan fingerprint density at radius 2 is 1.77 bits per heavy atom. The molecule has 30 heavy (non-hydrogen) atoms. The highest BCUT2D eigenvalue weighted by Crippen LogP contribution is 2.26. The summed E-state index contributed by atoms with van der Waals surface area (Å²) in [5, 5.41) is 9.33. The Hall–Kier alpha value is -3.71. The number of nitrogens with zero attached hydrogens (tertiary/aromatic N) is 4. The molecule has 0 atom stereocenters. The second kappa shape index (κ2) is 8.34. The maximum atomic E-state index is 9.33. The number of aromatic nitrogens is 3. The fraction of sp³-hybridized carbons (Fsp3) is 0.192. The Morgan fingerprint density at radius 3 is 2.50 bits per heavy atom. The number of rotatable bonds is 5. The first kappa shape index (κ1) is 19.6. The van der Waals surface area contributed by atoms with Crippen LogP contribution in [0.3, 0.4) is 0 Å². The number of aryl methyl sites for hydroxylation is 3. The Kier molecular flexibility index (Phi) is 5.45. The van der Waals surface area contributed by atoms with Crippen molar-refractivity contribution in [2.24, 2.45) is 0 Å². The van der Waals surface area contributed by atoms with Crippen molar-refractivity contribution in [3.63, 3.8) is 0 Å². The predicted molar refractivity (Wildman–Crippen MR) is 121 cm³/mol. The summed E-state index contributed by atoms with van der Waals surface area (Å²) in [6.45, 7) is 6.93. The summed E-state index contributed by atoms with van der Waals surface area (Å²) >= 11 is 0. The maximum absolute atomic E-state index is 9.33. The van der Waals surface area contributed by atoms with E-state index in [4.69, 9.17) is 9.97 Å². The molecule has 0 amide bonds. The lowest BCUT2D eigenvalue weighted by Gasteiger charge is -2.12. The molecule has 2 aromatic heterocycles. The molecule has 0 spiro atoms. The highest BCUT2D eigenvalue weighted by molar-refractivity contribution is 5.81. The highest BCUT2D eigenvalue weighted by atomic mass is 15.1. The van der Waals surface area contributed by atoms with Crippen LogP contribution in [0.1, 0.15) is 40.7 Å². The van der Waals surface area contributed by atoms with E-state index >= 15 is 0 Å². The summed E-state index contributed by atoms with van der Waals surface area (Å²) in [5.41, 5.74) is 8.21. The molecule has 0 aliphatic carbocycles. The van der Waals surface area contributed by atoms with E-state index in [2.05, 4.69) is 48.7 Å². The van der Waals surface area contributed by atoms with E-state index < -0.39 is 0 Å². The molecule has 0 unspecified atom stereocenters. The zero-order chi connectivity index (χ0) is 21.1. The second-order valence-electron chi connectivity index (χ2n) is 7.47. The van der Waals surface area contributed by atoms with Crippen LogP contribution in [-0.4, -0.2) is 14.5 Å². The normalized spacial score (nSPS) is 11.6. The van der Waals surface area contributed by atoms with E-state index in [1.54, 1.807) is 6.08 Å². The minimum Gasteiger partial charge on any atom is -0.308 e. The summed E-state index contributed by atoms with van der Waals surface area (Å²) in [6.07, 6.45) is 2.46. The van der Waals surface area contributed by atoms with Gasteiger partial charge in [-0.2, -0.15) is 5.26 Å². The van der Waals surface area contributed by atoms with Crippen molar-refractivity contribution in [1.82, 2.24) is 14.5 Å². The molecule has 0 aliphatic heterocycles. The van der Waals surface area contributed by atoms with Gasteiger partial charge in [0.2, 0.25) is 0 Å². The number of fused-ring (bicyclic) bond motifs is 1. The summed E-state index contributed by atoms with van der Waals surface area (Å²) in [5.74, 6) is 1.03. The second-order valence-corrected chi connectivity index (χ2v) is 7.47. The van der Waals surface area contributed by atoms with Gasteiger partial charge in [0.1, 0.15) is 11.3 Å². The summed E-state index contributed by atoms with van der Waals surface area (Å²) in [6, 6.07) is 22.7. The lowest BCUT2D eigenvalue weighted by Crippen LogP contribution is -2.06. The average Bonchev–Trinajstić information content (AvgIpc) is 3.10. The summed E-state index contributed by atoms with van der Waals surface area (Å²) < 4.78 is 2.21. The molecular weight excluding hydrogens is 368 g/mol. The topological polar surface area (TPSA) is 54.5 Å². The van der Waals surface area contributed by atoms with Gasteiger partial charge in [-0.15, -0.1) is 0 Å². The molecule has 0 saturated carbocycles. The number of imidazole rings is 1. The molecule has 0 fully saturated rings. The van der Waals surface area contributed by atoms with Crippen LogP contribution < -0.4 is 0 Å². The molecule has 2 aromatic carbocycles. The first-order valence-corrected chi connectivity index (χ1v) is 10.2. The molecule has 0 saturated heterocycles. The zero-order valence-electron chi connectivity index (χ0n) is 17.6. The smallest absolute Gasteiger partial charge is 0.160 e. The van der Waals surface area contributed by atoms with Gasteiger partial charge in [-0.05, 0) is 53.8 Å². The van der Waals surface area contributed by atoms with Crippen LogP contribution in [0.5, 0.6) is 0 Å². The maximum Gasteiger partial charge on any atom is 0.160 e. The molecule has 0 bridgehead atoms. The molecule has 4 heteroatoms. The average molecular weight is 393 g/mol. The van der Waals surface area contributed by atoms with E-state index in [0.29, 0.717) is 6.54 Å². The molecule has 0 N–H and O–H groups in total. The third-order valence-electron chi connectivity index (χ3n) is 5.29. The number of nitriles is 1. The Bertz CT molecular complexity index is 1270. The fourth-order valence-corrected chi connectivity index (χ4v) is 3.92. The Labute approximate surface area is 177 Å². The van der Waals surface area contributed by atoms with Crippen molar-refractivity contribution in [3.8, 4) is 6.07 Å². The van der Waals surface area contributed by atoms with Crippen LogP contribution in [0.4, 0.5) is 0 Å². The van der Waals surface area contributed by atoms with Crippen LogP contribution in [0.2, 0.25) is 0 Å². The van der Waals surface area contributed by atoms with Crippen LogP contribution in [0, 0.1) is 25.2 Å². The molecule has 4 aromatic rings. The molecule has 4 rings (SSSR count). The van der Waals surface area contributed by atoms with E-state index in [-0.39, 0.29) is 0 Å². The molecule has 4 nitrogen and oxygen atoms in total. The summed E-state index contributed by atoms with van der Waals surface area (Å²) in [7, 11) is 0. The largest absolute Gasteiger partial charge is 0.308 e. The minimum atomic E-state index is 0.692. The van der Waals surface area contributed by atoms with Crippen molar-refractivity contribution < 1.29 is 0 Å². The van der Waals surface area contributed by atoms with Crippen molar-refractivity contribution in [2.45, 2.75) is 33.7 Å². The van der Waals surface area contributed by atoms with Crippen LogP contribution in [-0.2, 0) is 13.0 Å². The van der Waals surface area contributed by atoms with Crippen molar-refractivity contribution >= 4 is 16.7 Å². The van der Waals surface area contributed by atoms with Gasteiger partial charge in [-0.3, -0.25) is 0 Å². The van der Waals surface area contributed by atoms with E-state index in [0.717, 1.165) is 56.9 Å². The quantitative estimate of drug-likeness (QED) is 0.415. The first-order valence-electron chi connectivity index (χ1n) is 10.2. The van der Waals surface area contributed by atoms with E-state index in [1.807, 2.05) is 43.3 Å². The molecule has 0 radical (unpaired) electrons. The third-order valence-corrected chi connectivity index (χ3v) is 5.29. The zero-order valence-corrected chi connectivity index (χ0v) is 17.6. The lowest BCUT2D eigenvalue weighted by atomic mass is 9.96. The molecule has 0 aliphatic rings. The minimum absolute atomic E-state index is 0.692. The summed E-state index contributed by atoms with van der Waals surface area (Å²) in [4.78, 5) is 9.63. The number of benzene rings is 2. The van der Waals surface area contributed by atoms with Crippen LogP contribution in [0.15, 0.2) is 66.7 Å². The molecule has 148 valence electrons. The SMILES string of the molecule is CCc1nc2c(C)cc(C)nc2n1Cc1cccc(/C(=C/C#N)c2ccccc2)c1. The first-order chi connectivity index (χ1) is 14.6. The van der Waals surface area contributed by atoms with Crippen molar-refractivity contribution in [2.75, 3.05) is 0 Å². The van der Waals surface area contributed by atoms with Gasteiger partial charge in [-0.1, -0.05) is 55.5 Å². The molecular formula is C26H24N4. The van der Waals surface area contributed by atoms with Gasteiger partial charge in [0, 0.05) is 18.2 Å². The number of allylic oxidation sites excluding steroid dienone is 1. The van der Waals surface area contributed by atoms with Crippen LogP contribution >= 0.6 is 0 Å². The number of hydrogen-bond donors (Lipinski definition) is 0. The Morgan fingerprint density at radius 1 is 1.00 bits per heavy atom. The number of pyridine rings is 1. The van der Waals surface area contributed by atoms with Crippen molar-refractivity contribution in [3.05, 3.63) is 101 Å². The van der Waals surface area contributed by atoms with E-state index in [1.165, 1.54) is 0 Å². The van der Waals surface area contributed by atoms with Gasteiger partial charge >= 0.3 is 0 Å². The van der Waals surface area contributed by atoms with Crippen molar-refractivity contribution in [1.29, 1.82) is 5.26 Å². The predicted octanol–water partition coefficient (Wildman–Crippen LogP) is 5.61. The lowest BCUT2D eigenvalue weighted by molar-refractivity contribution is 0.745. The van der Waals surface area contributed by atoms with Crippen LogP contribution in [0.25, 0.3) is 16.7 Å². The van der Waals surface area contributed by atoms with Gasteiger partial charge < -0.3 is 4.57 Å². The van der Waals surface area contributed by atoms with Gasteiger partial charge in [0.15, 0.2) is 5.65 Å². The van der Waals surface area contributed by atoms with Gasteiger partial charge in [0.25, 0.3) is 0 Å². The fourth-order valence-electron chi connectivity index (χ4n) is 3.92.